The maximum atomic E-state index is 5.43. The molecule has 3 aliphatic rings. The zero-order valence-electron chi connectivity index (χ0n) is 6.02. The smallest absolute Gasteiger partial charge is 0.148 e. The molecule has 2 aliphatic carbocycles. The van der Waals surface area contributed by atoms with E-state index in [-0.39, 0.29) is 0 Å². The van der Waals surface area contributed by atoms with E-state index in [2.05, 4.69) is 6.92 Å². The van der Waals surface area contributed by atoms with Crippen molar-refractivity contribution in [2.75, 3.05) is 0 Å². The van der Waals surface area contributed by atoms with Gasteiger partial charge in [0.2, 0.25) is 0 Å². The van der Waals surface area contributed by atoms with Gasteiger partial charge in [0, 0.05) is 11.3 Å². The Kier molecular flexibility index (Phi) is 0.664. The lowest BCUT2D eigenvalue weighted by molar-refractivity contribution is 0.251. The van der Waals surface area contributed by atoms with Gasteiger partial charge in [0.15, 0.2) is 0 Å². The Labute approximate surface area is 61.1 Å². The van der Waals surface area contributed by atoms with Crippen LogP contribution in [0.2, 0.25) is 0 Å². The van der Waals surface area contributed by atoms with Gasteiger partial charge in [-0.1, -0.05) is 6.92 Å². The zero-order chi connectivity index (χ0) is 6.77. The maximum Gasteiger partial charge on any atom is 0.148 e. The number of rotatable bonds is 1. The SMILES string of the molecule is [CH2]CC12CCC(C1)C1=C2O1. The maximum absolute atomic E-state index is 5.43. The summed E-state index contributed by atoms with van der Waals surface area (Å²) >= 11 is 0. The van der Waals surface area contributed by atoms with E-state index in [0.29, 0.717) is 5.41 Å². The molecule has 1 heterocycles. The first kappa shape index (κ1) is 5.22. The average Bonchev–Trinajstić information content (AvgIpc) is 2.62. The molecule has 1 radical (unpaired) electrons. The first-order valence-corrected chi connectivity index (χ1v) is 4.07. The van der Waals surface area contributed by atoms with Crippen molar-refractivity contribution in [1.29, 1.82) is 0 Å². The summed E-state index contributed by atoms with van der Waals surface area (Å²) in [4.78, 5) is 0. The Morgan fingerprint density at radius 3 is 3.10 bits per heavy atom. The van der Waals surface area contributed by atoms with Crippen LogP contribution in [0.1, 0.15) is 25.7 Å². The summed E-state index contributed by atoms with van der Waals surface area (Å²) in [6.07, 6.45) is 5.08. The highest BCUT2D eigenvalue weighted by Gasteiger charge is 2.59. The topological polar surface area (TPSA) is 12.5 Å². The standard InChI is InChI=1S/C9H11O/c1-2-9-4-3-6(5-9)7-8(9)10-7/h6H,1-5H2. The van der Waals surface area contributed by atoms with Crippen LogP contribution in [0.25, 0.3) is 0 Å². The van der Waals surface area contributed by atoms with E-state index in [1.807, 2.05) is 0 Å². The molecule has 1 heteroatoms. The van der Waals surface area contributed by atoms with Crippen molar-refractivity contribution in [3.8, 4) is 0 Å². The molecular formula is C9H11O. The second-order valence-electron chi connectivity index (χ2n) is 3.77. The molecule has 3 rings (SSSR count). The van der Waals surface area contributed by atoms with Crippen LogP contribution in [0.4, 0.5) is 0 Å². The van der Waals surface area contributed by atoms with Crippen molar-refractivity contribution < 1.29 is 4.74 Å². The van der Waals surface area contributed by atoms with Crippen LogP contribution in [0, 0.1) is 18.3 Å². The number of allylic oxidation sites excluding steroid dienone is 2. The Hall–Kier alpha value is -0.460. The fraction of sp³-hybridized carbons (Fsp3) is 0.667. The van der Waals surface area contributed by atoms with Gasteiger partial charge in [0.25, 0.3) is 0 Å². The van der Waals surface area contributed by atoms with Crippen LogP contribution in [0.15, 0.2) is 11.5 Å². The highest BCUT2D eigenvalue weighted by atomic mass is 16.6. The molecule has 0 amide bonds. The fourth-order valence-electron chi connectivity index (χ4n) is 2.62. The molecule has 10 heavy (non-hydrogen) atoms. The highest BCUT2D eigenvalue weighted by molar-refractivity contribution is 5.37. The Balaban J connectivity index is 2.07. The molecule has 0 saturated heterocycles. The van der Waals surface area contributed by atoms with Crippen LogP contribution in [-0.4, -0.2) is 0 Å². The molecule has 2 bridgehead atoms. The predicted octanol–water partition coefficient (Wildman–Crippen LogP) is 2.25. The first-order chi connectivity index (χ1) is 4.86. The first-order valence-electron chi connectivity index (χ1n) is 4.07. The van der Waals surface area contributed by atoms with Gasteiger partial charge in [-0.15, -0.1) is 0 Å². The van der Waals surface area contributed by atoms with Gasteiger partial charge in [-0.25, -0.2) is 0 Å². The normalized spacial score (nSPS) is 47.5. The van der Waals surface area contributed by atoms with Crippen LogP contribution in [0.3, 0.4) is 0 Å². The van der Waals surface area contributed by atoms with Crippen molar-refractivity contribution in [1.82, 2.24) is 0 Å². The Bertz CT molecular complexity index is 229. The molecule has 2 atom stereocenters. The second kappa shape index (κ2) is 1.27. The molecule has 1 nitrogen and oxygen atoms in total. The van der Waals surface area contributed by atoms with E-state index >= 15 is 0 Å². The van der Waals surface area contributed by atoms with Crippen LogP contribution < -0.4 is 0 Å². The lowest BCUT2D eigenvalue weighted by Crippen LogP contribution is -2.13. The third-order valence-electron chi connectivity index (χ3n) is 3.33. The number of hydrogen-bond acceptors (Lipinski definition) is 1. The summed E-state index contributed by atoms with van der Waals surface area (Å²) in [5.74, 6) is 3.48. The molecular weight excluding hydrogens is 124 g/mol. The van der Waals surface area contributed by atoms with Crippen molar-refractivity contribution in [2.45, 2.75) is 25.7 Å². The number of ether oxygens (including phenoxy) is 1. The third kappa shape index (κ3) is 0.370. The summed E-state index contributed by atoms with van der Waals surface area (Å²) in [5.41, 5.74) is 0.431. The van der Waals surface area contributed by atoms with Crippen LogP contribution in [-0.2, 0) is 4.74 Å². The Morgan fingerprint density at radius 1 is 1.70 bits per heavy atom. The zero-order valence-corrected chi connectivity index (χ0v) is 6.02. The fourth-order valence-corrected chi connectivity index (χ4v) is 2.62. The van der Waals surface area contributed by atoms with Gasteiger partial charge in [-0.05, 0) is 25.7 Å². The molecule has 0 spiro atoms. The second-order valence-corrected chi connectivity index (χ2v) is 3.77. The molecule has 0 N–H and O–H groups in total. The van der Waals surface area contributed by atoms with Crippen molar-refractivity contribution in [3.63, 3.8) is 0 Å². The van der Waals surface area contributed by atoms with E-state index in [9.17, 15) is 0 Å². The van der Waals surface area contributed by atoms with Gasteiger partial charge in [-0.3, -0.25) is 0 Å². The van der Waals surface area contributed by atoms with E-state index in [1.54, 1.807) is 0 Å². The van der Waals surface area contributed by atoms with Crippen molar-refractivity contribution >= 4 is 0 Å². The molecule has 1 saturated carbocycles. The third-order valence-corrected chi connectivity index (χ3v) is 3.33. The quantitative estimate of drug-likeness (QED) is 0.537. The summed E-state index contributed by atoms with van der Waals surface area (Å²) < 4.78 is 5.43. The molecule has 53 valence electrons. The van der Waals surface area contributed by atoms with Gasteiger partial charge >= 0.3 is 0 Å². The molecule has 0 aromatic rings. The molecule has 0 aromatic carbocycles. The van der Waals surface area contributed by atoms with Gasteiger partial charge in [0.05, 0.1) is 0 Å². The molecule has 1 fully saturated rings. The minimum atomic E-state index is 0.431. The van der Waals surface area contributed by atoms with E-state index in [4.69, 9.17) is 4.74 Å². The minimum Gasteiger partial charge on any atom is -0.458 e. The molecule has 1 aliphatic heterocycles. The lowest BCUT2D eigenvalue weighted by atomic mass is 9.84. The predicted molar refractivity (Wildman–Crippen MR) is 37.9 cm³/mol. The van der Waals surface area contributed by atoms with Gasteiger partial charge < -0.3 is 4.74 Å². The molecule has 2 unspecified atom stereocenters. The van der Waals surface area contributed by atoms with Crippen LogP contribution in [0.5, 0.6) is 0 Å². The van der Waals surface area contributed by atoms with Crippen molar-refractivity contribution in [2.24, 2.45) is 11.3 Å². The minimum absolute atomic E-state index is 0.431. The van der Waals surface area contributed by atoms with Crippen molar-refractivity contribution in [3.05, 3.63) is 18.4 Å². The van der Waals surface area contributed by atoms with Gasteiger partial charge in [0.1, 0.15) is 11.5 Å². The van der Waals surface area contributed by atoms with E-state index in [1.165, 1.54) is 30.8 Å². The number of hydrogen-bond donors (Lipinski definition) is 0. The largest absolute Gasteiger partial charge is 0.458 e. The van der Waals surface area contributed by atoms with Gasteiger partial charge in [-0.2, -0.15) is 0 Å². The van der Waals surface area contributed by atoms with E-state index < -0.39 is 0 Å². The van der Waals surface area contributed by atoms with E-state index in [0.717, 1.165) is 12.3 Å². The summed E-state index contributed by atoms with van der Waals surface area (Å²) in [6.45, 7) is 4.00. The number of fused-ring (bicyclic) bond motifs is 4. The molecule has 0 aromatic heterocycles. The summed E-state index contributed by atoms with van der Waals surface area (Å²) in [7, 11) is 0. The Morgan fingerprint density at radius 2 is 2.60 bits per heavy atom. The highest BCUT2D eigenvalue weighted by Crippen LogP contribution is 2.67. The summed E-state index contributed by atoms with van der Waals surface area (Å²) in [5, 5.41) is 0. The average molecular weight is 135 g/mol. The monoisotopic (exact) mass is 135 g/mol. The summed E-state index contributed by atoms with van der Waals surface area (Å²) in [6, 6.07) is 0. The van der Waals surface area contributed by atoms with Crippen LogP contribution >= 0.6 is 0 Å². The lowest BCUT2D eigenvalue weighted by Gasteiger charge is -2.20.